The Bertz CT molecular complexity index is 416. The largest absolute Gasteiger partial charge is 0.383 e. The molecule has 1 saturated carbocycles. The molecule has 2 unspecified atom stereocenters. The molecule has 1 aliphatic rings. The first-order chi connectivity index (χ1) is 8.51. The molecule has 0 amide bonds. The van der Waals surface area contributed by atoms with E-state index in [1.807, 2.05) is 11.7 Å². The average Bonchev–Trinajstić information content (AvgIpc) is 2.79. The molecule has 0 aromatic carbocycles. The summed E-state index contributed by atoms with van der Waals surface area (Å²) in [5, 5.41) is 8.48. The lowest BCUT2D eigenvalue weighted by Gasteiger charge is -2.20. The van der Waals surface area contributed by atoms with Crippen molar-refractivity contribution in [2.75, 3.05) is 20.8 Å². The summed E-state index contributed by atoms with van der Waals surface area (Å²) >= 11 is 6.30. The molecule has 1 aromatic heterocycles. The number of hydrogen-bond donors (Lipinski definition) is 1. The highest BCUT2D eigenvalue weighted by atomic mass is 35.5. The predicted molar refractivity (Wildman–Crippen MR) is 72.8 cm³/mol. The van der Waals surface area contributed by atoms with Gasteiger partial charge in [-0.05, 0) is 24.8 Å². The Hall–Kier alpha value is -0.580. The molecule has 1 N–H and O–H groups in total. The fourth-order valence-electron chi connectivity index (χ4n) is 2.64. The summed E-state index contributed by atoms with van der Waals surface area (Å²) in [5.74, 6) is 0.623. The quantitative estimate of drug-likeness (QED) is 0.864. The molecule has 4 nitrogen and oxygen atoms in total. The number of halogens is 1. The average molecular weight is 272 g/mol. The molecule has 0 saturated heterocycles. The van der Waals surface area contributed by atoms with Crippen LogP contribution in [-0.4, -0.2) is 30.5 Å². The lowest BCUT2D eigenvalue weighted by Crippen LogP contribution is -2.25. The summed E-state index contributed by atoms with van der Waals surface area (Å²) < 4.78 is 7.08. The zero-order valence-corrected chi connectivity index (χ0v) is 12.3. The zero-order valence-electron chi connectivity index (χ0n) is 11.5. The van der Waals surface area contributed by atoms with Crippen LogP contribution in [-0.2, 0) is 11.3 Å². The number of nitrogens with zero attached hydrogens (tertiary/aromatic N) is 2. The summed E-state index contributed by atoms with van der Waals surface area (Å²) in [6, 6.07) is 0.270. The number of rotatable bonds is 6. The standard InChI is InChI=1S/C13H22ClN3O/c1-13(2)7-9(13)11(15-3)12-10(14)8-16-17(12)5-6-18-4/h8-9,11,15H,5-7H2,1-4H3. The molecule has 2 atom stereocenters. The molecular weight excluding hydrogens is 250 g/mol. The van der Waals surface area contributed by atoms with Crippen LogP contribution in [0.25, 0.3) is 0 Å². The highest BCUT2D eigenvalue weighted by molar-refractivity contribution is 6.31. The van der Waals surface area contributed by atoms with Gasteiger partial charge in [0, 0.05) is 7.11 Å². The van der Waals surface area contributed by atoms with E-state index in [1.54, 1.807) is 13.3 Å². The Balaban J connectivity index is 2.22. The summed E-state index contributed by atoms with van der Waals surface area (Å²) in [5.41, 5.74) is 1.49. The van der Waals surface area contributed by atoms with Gasteiger partial charge >= 0.3 is 0 Å². The molecule has 0 bridgehead atoms. The Labute approximate surface area is 114 Å². The molecule has 1 aliphatic carbocycles. The second kappa shape index (κ2) is 5.19. The summed E-state index contributed by atoms with van der Waals surface area (Å²) in [6.07, 6.45) is 2.95. The lowest BCUT2D eigenvalue weighted by atomic mass is 10.0. The summed E-state index contributed by atoms with van der Waals surface area (Å²) in [6.45, 7) is 5.98. The van der Waals surface area contributed by atoms with Crippen LogP contribution in [0, 0.1) is 11.3 Å². The van der Waals surface area contributed by atoms with E-state index >= 15 is 0 Å². The van der Waals surface area contributed by atoms with Crippen molar-refractivity contribution in [1.82, 2.24) is 15.1 Å². The molecule has 18 heavy (non-hydrogen) atoms. The van der Waals surface area contributed by atoms with Crippen LogP contribution in [0.15, 0.2) is 6.20 Å². The molecule has 0 spiro atoms. The van der Waals surface area contributed by atoms with E-state index in [2.05, 4.69) is 24.3 Å². The molecular formula is C13H22ClN3O. The van der Waals surface area contributed by atoms with Crippen LogP contribution in [0.5, 0.6) is 0 Å². The van der Waals surface area contributed by atoms with Gasteiger partial charge in [0.15, 0.2) is 0 Å². The van der Waals surface area contributed by atoms with E-state index in [9.17, 15) is 0 Å². The van der Waals surface area contributed by atoms with Crippen molar-refractivity contribution in [3.05, 3.63) is 16.9 Å². The first-order valence-corrected chi connectivity index (χ1v) is 6.76. The molecule has 0 radical (unpaired) electrons. The SMILES string of the molecule is CNC(c1c(Cl)cnn1CCOC)C1CC1(C)C. The third-order valence-corrected chi connectivity index (χ3v) is 4.23. The van der Waals surface area contributed by atoms with Gasteiger partial charge in [0.2, 0.25) is 0 Å². The monoisotopic (exact) mass is 271 g/mol. The van der Waals surface area contributed by atoms with Crippen molar-refractivity contribution in [1.29, 1.82) is 0 Å². The number of aromatic nitrogens is 2. The second-order valence-corrected chi connectivity index (χ2v) is 6.07. The third kappa shape index (κ3) is 2.56. The normalized spacial score (nSPS) is 23.1. The lowest BCUT2D eigenvalue weighted by molar-refractivity contribution is 0.181. The first-order valence-electron chi connectivity index (χ1n) is 6.38. The van der Waals surface area contributed by atoms with Crippen LogP contribution in [0.1, 0.15) is 32.0 Å². The van der Waals surface area contributed by atoms with Crippen molar-refractivity contribution in [3.63, 3.8) is 0 Å². The smallest absolute Gasteiger partial charge is 0.0834 e. The van der Waals surface area contributed by atoms with Gasteiger partial charge in [0.25, 0.3) is 0 Å². The van der Waals surface area contributed by atoms with E-state index in [1.165, 1.54) is 6.42 Å². The molecule has 1 fully saturated rings. The fourth-order valence-corrected chi connectivity index (χ4v) is 2.90. The van der Waals surface area contributed by atoms with E-state index < -0.39 is 0 Å². The Morgan fingerprint density at radius 1 is 1.67 bits per heavy atom. The van der Waals surface area contributed by atoms with Crippen molar-refractivity contribution in [3.8, 4) is 0 Å². The Morgan fingerprint density at radius 2 is 2.33 bits per heavy atom. The van der Waals surface area contributed by atoms with Gasteiger partial charge in [-0.25, -0.2) is 0 Å². The van der Waals surface area contributed by atoms with Crippen LogP contribution >= 0.6 is 11.6 Å². The van der Waals surface area contributed by atoms with Crippen LogP contribution in [0.4, 0.5) is 0 Å². The molecule has 102 valence electrons. The number of nitrogens with one attached hydrogen (secondary N) is 1. The minimum Gasteiger partial charge on any atom is -0.383 e. The highest BCUT2D eigenvalue weighted by Crippen LogP contribution is 2.58. The van der Waals surface area contributed by atoms with Gasteiger partial charge in [-0.3, -0.25) is 4.68 Å². The van der Waals surface area contributed by atoms with Gasteiger partial charge in [0.1, 0.15) is 0 Å². The molecule has 5 heteroatoms. The fraction of sp³-hybridized carbons (Fsp3) is 0.769. The predicted octanol–water partition coefficient (Wildman–Crippen LogP) is 2.49. The summed E-state index contributed by atoms with van der Waals surface area (Å²) in [7, 11) is 3.69. The minimum absolute atomic E-state index is 0.270. The van der Waals surface area contributed by atoms with E-state index in [0.29, 0.717) is 17.9 Å². The maximum Gasteiger partial charge on any atom is 0.0834 e. The third-order valence-electron chi connectivity index (χ3n) is 3.94. The van der Waals surface area contributed by atoms with Gasteiger partial charge in [-0.15, -0.1) is 0 Å². The molecule has 2 rings (SSSR count). The topological polar surface area (TPSA) is 39.1 Å². The molecule has 0 aliphatic heterocycles. The van der Waals surface area contributed by atoms with Gasteiger partial charge in [-0.2, -0.15) is 5.10 Å². The maximum atomic E-state index is 6.30. The van der Waals surface area contributed by atoms with Crippen LogP contribution in [0.3, 0.4) is 0 Å². The zero-order chi connectivity index (χ0) is 13.3. The highest BCUT2D eigenvalue weighted by Gasteiger charge is 2.51. The van der Waals surface area contributed by atoms with E-state index in [0.717, 1.165) is 17.3 Å². The Kier molecular flexibility index (Phi) is 3.99. The minimum atomic E-state index is 0.270. The van der Waals surface area contributed by atoms with Gasteiger partial charge in [-0.1, -0.05) is 25.4 Å². The summed E-state index contributed by atoms with van der Waals surface area (Å²) in [4.78, 5) is 0. The Morgan fingerprint density at radius 3 is 2.83 bits per heavy atom. The maximum absolute atomic E-state index is 6.30. The van der Waals surface area contributed by atoms with Crippen molar-refractivity contribution < 1.29 is 4.74 Å². The number of hydrogen-bond acceptors (Lipinski definition) is 3. The number of methoxy groups -OCH3 is 1. The van der Waals surface area contributed by atoms with Crippen LogP contribution in [0.2, 0.25) is 5.02 Å². The molecule has 1 aromatic rings. The first kappa shape index (κ1) is 13.8. The number of ether oxygens (including phenoxy) is 1. The van der Waals surface area contributed by atoms with E-state index in [-0.39, 0.29) is 6.04 Å². The van der Waals surface area contributed by atoms with Gasteiger partial charge < -0.3 is 10.1 Å². The van der Waals surface area contributed by atoms with Crippen LogP contribution < -0.4 is 5.32 Å². The second-order valence-electron chi connectivity index (χ2n) is 5.66. The van der Waals surface area contributed by atoms with Crippen molar-refractivity contribution in [2.45, 2.75) is 32.9 Å². The van der Waals surface area contributed by atoms with Crippen molar-refractivity contribution >= 4 is 11.6 Å². The molecule has 1 heterocycles. The van der Waals surface area contributed by atoms with E-state index in [4.69, 9.17) is 16.3 Å². The van der Waals surface area contributed by atoms with Crippen molar-refractivity contribution in [2.24, 2.45) is 11.3 Å². The van der Waals surface area contributed by atoms with Gasteiger partial charge in [0.05, 0.1) is 36.1 Å².